The standard InChI is InChI=1S/C27H30F2N4O.C27H32F2N4O.C26H30F2N4O/c1-17-4-2-3-5-21(17)18-6-11-32(12-7-18)25-22-14-19(33-13-8-20(34)16-33)15-23(28)24(22)30-26(31-25)27(29)9-10-27;1-18-6-3-4-7-21(18)19-8-12-33(13-9-19)25-22-16-20(32(2)14-15-34)17-23(28)24(22)30-26(31-25)27(29)10-5-11-27;1-17-5-3-4-6-20(17)18-7-11-32(12-8-18)24-21-15-19(31(2)13-14-33)16-22(27)23(21)29-25(30-24)26(28)9-10-26/h2-5,14-15,18,20,34H,6-13,16H2,1H3;3-4,6-7,16-17,19,34H,5,8-15H2,1-2H3;3-6,15-16,18,33H,7-14H2,1-2H3/t20-;;/m0../s1. The molecule has 532 valence electrons. The van der Waals surface area contributed by atoms with Crippen molar-refractivity contribution in [2.75, 3.05) is 122 Å². The van der Waals surface area contributed by atoms with Crippen LogP contribution in [0.2, 0.25) is 0 Å². The van der Waals surface area contributed by atoms with E-state index in [2.05, 4.69) is 128 Å². The maximum atomic E-state index is 15.4. The predicted octanol–water partition coefficient (Wildman–Crippen LogP) is 15.1. The van der Waals surface area contributed by atoms with E-state index in [0.717, 1.165) is 89.9 Å². The van der Waals surface area contributed by atoms with Crippen LogP contribution in [-0.2, 0) is 17.0 Å². The molecule has 0 radical (unpaired) electrons. The van der Waals surface area contributed by atoms with E-state index >= 15 is 22.0 Å². The molecule has 1 atom stereocenters. The van der Waals surface area contributed by atoms with Crippen LogP contribution in [0.5, 0.6) is 0 Å². The summed E-state index contributed by atoms with van der Waals surface area (Å²) >= 11 is 0. The number of benzene rings is 6. The lowest BCUT2D eigenvalue weighted by Gasteiger charge is -2.36. The van der Waals surface area contributed by atoms with Gasteiger partial charge in [0.15, 0.2) is 51.9 Å². The molecule has 0 spiro atoms. The third-order valence-electron chi connectivity index (χ3n) is 22.4. The Kier molecular flexibility index (Phi) is 19.9. The Balaban J connectivity index is 0.000000129. The number of β-amino-alcohol motifs (C(OH)–C–C–N with tert-alkyl or cyclic N) is 1. The first-order valence-electron chi connectivity index (χ1n) is 36.3. The van der Waals surface area contributed by atoms with Crippen LogP contribution in [0.3, 0.4) is 0 Å². The molecule has 7 fully saturated rings. The number of fused-ring (bicyclic) bond motifs is 3. The molecule has 16 rings (SSSR count). The summed E-state index contributed by atoms with van der Waals surface area (Å²) in [6.45, 7) is 12.9. The molecule has 7 aliphatic rings. The first-order valence-corrected chi connectivity index (χ1v) is 36.3. The van der Waals surface area contributed by atoms with E-state index in [4.69, 9.17) is 9.97 Å². The zero-order valence-corrected chi connectivity index (χ0v) is 58.6. The third kappa shape index (κ3) is 14.4. The van der Waals surface area contributed by atoms with E-state index in [-0.39, 0.29) is 47.2 Å². The van der Waals surface area contributed by atoms with Gasteiger partial charge >= 0.3 is 0 Å². The maximum Gasteiger partial charge on any atom is 0.170 e. The lowest BCUT2D eigenvalue weighted by Crippen LogP contribution is -2.36. The molecule has 3 saturated carbocycles. The fraction of sp³-hybridized carbons (Fsp3) is 0.475. The van der Waals surface area contributed by atoms with Gasteiger partial charge in [-0.2, -0.15) is 0 Å². The van der Waals surface area contributed by atoms with Crippen molar-refractivity contribution in [1.29, 1.82) is 0 Å². The molecular formula is C80H92F6N12O3. The van der Waals surface area contributed by atoms with Crippen LogP contribution >= 0.6 is 0 Å². The topological polar surface area (TPSA) is 157 Å². The molecule has 6 aromatic carbocycles. The number of piperidine rings is 3. The van der Waals surface area contributed by atoms with Gasteiger partial charge in [-0.3, -0.25) is 0 Å². The monoisotopic (exact) mass is 1380 g/mol. The van der Waals surface area contributed by atoms with Crippen LogP contribution in [0.25, 0.3) is 32.7 Å². The zero-order valence-electron chi connectivity index (χ0n) is 58.6. The highest BCUT2D eigenvalue weighted by Crippen LogP contribution is 2.52. The van der Waals surface area contributed by atoms with Crippen LogP contribution in [0.1, 0.15) is 158 Å². The minimum atomic E-state index is -1.57. The molecule has 0 bridgehead atoms. The molecular weight excluding hydrogens is 1290 g/mol. The average molecular weight is 1380 g/mol. The van der Waals surface area contributed by atoms with Gasteiger partial charge in [-0.05, 0) is 198 Å². The molecule has 0 amide bonds. The molecule has 4 aliphatic heterocycles. The van der Waals surface area contributed by atoms with Crippen molar-refractivity contribution in [1.82, 2.24) is 29.9 Å². The number of hydrogen-bond donors (Lipinski definition) is 3. The van der Waals surface area contributed by atoms with Crippen LogP contribution < -0.4 is 29.4 Å². The van der Waals surface area contributed by atoms with Crippen molar-refractivity contribution in [3.63, 3.8) is 0 Å². The molecule has 21 heteroatoms. The number of likely N-dealkylation sites (N-methyl/N-ethyl adjacent to an activating group) is 2. The Bertz CT molecular complexity index is 4490. The van der Waals surface area contributed by atoms with E-state index in [1.165, 1.54) is 51.6 Å². The lowest BCUT2D eigenvalue weighted by atomic mass is 9.81. The van der Waals surface area contributed by atoms with Crippen molar-refractivity contribution >= 4 is 67.2 Å². The first kappa shape index (κ1) is 69.7. The summed E-state index contributed by atoms with van der Waals surface area (Å²) in [7, 11) is 3.62. The predicted molar refractivity (Wildman–Crippen MR) is 389 cm³/mol. The highest BCUT2D eigenvalue weighted by molar-refractivity contribution is 5.95. The molecule has 3 N–H and O–H groups in total. The summed E-state index contributed by atoms with van der Waals surface area (Å²) in [4.78, 5) is 39.3. The number of aryl methyl sites for hydroxylation is 3. The van der Waals surface area contributed by atoms with Crippen molar-refractivity contribution in [3.8, 4) is 0 Å². The van der Waals surface area contributed by atoms with E-state index in [1.807, 2.05) is 30.1 Å². The molecule has 4 saturated heterocycles. The Morgan fingerprint density at radius 3 is 1.06 bits per heavy atom. The zero-order chi connectivity index (χ0) is 70.5. The molecule has 9 aromatic rings. The van der Waals surface area contributed by atoms with E-state index in [0.29, 0.717) is 134 Å². The summed E-state index contributed by atoms with van der Waals surface area (Å²) in [6, 6.07) is 35.5. The van der Waals surface area contributed by atoms with E-state index < -0.39 is 40.6 Å². The molecule has 101 heavy (non-hydrogen) atoms. The number of hydrogen-bond acceptors (Lipinski definition) is 15. The van der Waals surface area contributed by atoms with Crippen molar-refractivity contribution < 1.29 is 41.7 Å². The smallest absolute Gasteiger partial charge is 0.170 e. The summed E-state index contributed by atoms with van der Waals surface area (Å²) in [6.07, 6.45) is 9.12. The second-order valence-electron chi connectivity index (χ2n) is 29.4. The van der Waals surface area contributed by atoms with Crippen LogP contribution in [-0.4, -0.2) is 144 Å². The summed E-state index contributed by atoms with van der Waals surface area (Å²) < 4.78 is 91.2. The molecule has 7 heterocycles. The third-order valence-corrected chi connectivity index (χ3v) is 22.4. The normalized spacial score (nSPS) is 19.6. The van der Waals surface area contributed by atoms with Crippen LogP contribution in [0, 0.1) is 38.2 Å². The number of aliphatic hydroxyl groups is 3. The Hall–Kier alpha value is -8.40. The quantitative estimate of drug-likeness (QED) is 0.0785. The molecule has 3 aromatic heterocycles. The number of aliphatic hydroxyl groups excluding tert-OH is 3. The van der Waals surface area contributed by atoms with Crippen molar-refractivity contribution in [2.45, 2.75) is 152 Å². The van der Waals surface area contributed by atoms with Gasteiger partial charge in [-0.1, -0.05) is 72.8 Å². The van der Waals surface area contributed by atoms with Gasteiger partial charge in [-0.15, -0.1) is 0 Å². The number of anilines is 6. The fourth-order valence-corrected chi connectivity index (χ4v) is 15.7. The van der Waals surface area contributed by atoms with Gasteiger partial charge < -0.3 is 44.7 Å². The number of rotatable bonds is 16. The van der Waals surface area contributed by atoms with Gasteiger partial charge in [0.25, 0.3) is 0 Å². The summed E-state index contributed by atoms with van der Waals surface area (Å²) in [5, 5.41) is 30.4. The van der Waals surface area contributed by atoms with Gasteiger partial charge in [-0.25, -0.2) is 56.2 Å². The molecule has 0 unspecified atom stereocenters. The largest absolute Gasteiger partial charge is 0.395 e. The van der Waals surface area contributed by atoms with Crippen LogP contribution in [0.15, 0.2) is 109 Å². The molecule has 15 nitrogen and oxygen atoms in total. The lowest BCUT2D eigenvalue weighted by molar-refractivity contribution is 0.0511. The summed E-state index contributed by atoms with van der Waals surface area (Å²) in [5.74, 6) is 2.14. The van der Waals surface area contributed by atoms with Crippen LogP contribution in [0.4, 0.5) is 60.9 Å². The molecule has 3 aliphatic carbocycles. The van der Waals surface area contributed by atoms with Gasteiger partial charge in [0.2, 0.25) is 0 Å². The fourth-order valence-electron chi connectivity index (χ4n) is 15.7. The minimum Gasteiger partial charge on any atom is -0.395 e. The van der Waals surface area contributed by atoms with Gasteiger partial charge in [0, 0.05) is 113 Å². The van der Waals surface area contributed by atoms with E-state index in [1.54, 1.807) is 16.8 Å². The number of nitrogens with zero attached hydrogens (tertiary/aromatic N) is 12. The second-order valence-corrected chi connectivity index (χ2v) is 29.4. The average Bonchev–Trinajstić information content (AvgIpc) is 1.33. The maximum absolute atomic E-state index is 15.4. The van der Waals surface area contributed by atoms with Crippen molar-refractivity contribution in [2.24, 2.45) is 0 Å². The second kappa shape index (κ2) is 28.8. The number of halogens is 6. The highest BCUT2D eigenvalue weighted by Gasteiger charge is 2.50. The summed E-state index contributed by atoms with van der Waals surface area (Å²) in [5.41, 5.74) is 5.95. The Labute approximate surface area is 587 Å². The minimum absolute atomic E-state index is 0.0325. The first-order chi connectivity index (χ1) is 48.7. The van der Waals surface area contributed by atoms with E-state index in [9.17, 15) is 19.7 Å². The number of aromatic nitrogens is 6. The Morgan fingerprint density at radius 2 is 0.752 bits per heavy atom. The Morgan fingerprint density at radius 1 is 0.426 bits per heavy atom. The van der Waals surface area contributed by atoms with Gasteiger partial charge in [0.1, 0.15) is 34.0 Å². The number of alkyl halides is 3. The van der Waals surface area contributed by atoms with Gasteiger partial charge in [0.05, 0.1) is 19.3 Å². The van der Waals surface area contributed by atoms with Crippen molar-refractivity contribution in [3.05, 3.63) is 178 Å². The SMILES string of the molecule is Cc1ccccc1C1CCN(c2nc(C3(F)CC3)nc3c(F)cc(N(C)CCO)cc23)CC1.Cc1ccccc1C1CCN(c2nc(C3(F)CC3)nc3c(F)cc(N4CC[C@H](O)C4)cc23)CC1.Cc1ccccc1C1CCN(c2nc(C3(F)CCC3)nc3c(F)cc(N(C)CCO)cc23)CC1. The highest BCUT2D eigenvalue weighted by atomic mass is 19.2.